The second-order valence-electron chi connectivity index (χ2n) is 6.33. The summed E-state index contributed by atoms with van der Waals surface area (Å²) < 4.78 is 0. The SMILES string of the molecule is C=C(c1ccc(C)c(N)c1)N1CCC(c2ccc(Cl)cc2)CC1. The van der Waals surface area contributed by atoms with Crippen LogP contribution in [0.25, 0.3) is 5.70 Å². The maximum absolute atomic E-state index is 6.03. The fourth-order valence-electron chi connectivity index (χ4n) is 3.22. The first-order valence-electron chi connectivity index (χ1n) is 8.10. The number of anilines is 1. The molecule has 0 unspecified atom stereocenters. The standard InChI is InChI=1S/C20H23ClN2/c1-14-3-4-18(13-20(14)22)15(2)23-11-9-17(10-12-23)16-5-7-19(21)8-6-16/h3-8,13,17H,2,9-12,22H2,1H3. The molecule has 0 amide bonds. The van der Waals surface area contributed by atoms with Gasteiger partial charge < -0.3 is 10.6 Å². The van der Waals surface area contributed by atoms with Crippen molar-refractivity contribution in [3.63, 3.8) is 0 Å². The number of nitrogens with zero attached hydrogens (tertiary/aromatic N) is 1. The number of aryl methyl sites for hydroxylation is 1. The van der Waals surface area contributed by atoms with Crippen LogP contribution >= 0.6 is 11.6 Å². The van der Waals surface area contributed by atoms with Crippen molar-refractivity contribution < 1.29 is 0 Å². The fraction of sp³-hybridized carbons (Fsp3) is 0.300. The van der Waals surface area contributed by atoms with Crippen LogP contribution in [0.1, 0.15) is 35.4 Å². The van der Waals surface area contributed by atoms with Gasteiger partial charge in [-0.05, 0) is 60.6 Å². The molecule has 23 heavy (non-hydrogen) atoms. The van der Waals surface area contributed by atoms with E-state index in [2.05, 4.69) is 35.7 Å². The summed E-state index contributed by atoms with van der Waals surface area (Å²) >= 11 is 5.98. The number of nitrogen functional groups attached to an aromatic ring is 1. The molecule has 1 saturated heterocycles. The van der Waals surface area contributed by atoms with Crippen LogP contribution in [-0.2, 0) is 0 Å². The van der Waals surface area contributed by atoms with Gasteiger partial charge >= 0.3 is 0 Å². The highest BCUT2D eigenvalue weighted by Gasteiger charge is 2.22. The average Bonchev–Trinajstić information content (AvgIpc) is 2.57. The minimum absolute atomic E-state index is 0.611. The second kappa shape index (κ2) is 6.67. The third-order valence-electron chi connectivity index (χ3n) is 4.83. The number of hydrogen-bond donors (Lipinski definition) is 1. The van der Waals surface area contributed by atoms with E-state index in [1.165, 1.54) is 5.56 Å². The van der Waals surface area contributed by atoms with Crippen molar-refractivity contribution in [1.82, 2.24) is 4.90 Å². The molecular weight excluding hydrogens is 304 g/mol. The Kier molecular flexibility index (Phi) is 4.63. The molecule has 0 spiro atoms. The molecule has 0 saturated carbocycles. The Morgan fingerprint density at radius 1 is 1.13 bits per heavy atom. The monoisotopic (exact) mass is 326 g/mol. The molecule has 3 heteroatoms. The van der Waals surface area contributed by atoms with Gasteiger partial charge in [-0.1, -0.05) is 42.4 Å². The predicted molar refractivity (Wildman–Crippen MR) is 99.6 cm³/mol. The molecule has 1 aliphatic heterocycles. The van der Waals surface area contributed by atoms with E-state index in [4.69, 9.17) is 17.3 Å². The van der Waals surface area contributed by atoms with Gasteiger partial charge in [-0.2, -0.15) is 0 Å². The van der Waals surface area contributed by atoms with Crippen molar-refractivity contribution in [2.45, 2.75) is 25.7 Å². The van der Waals surface area contributed by atoms with Crippen molar-refractivity contribution in [3.8, 4) is 0 Å². The second-order valence-corrected chi connectivity index (χ2v) is 6.77. The molecule has 2 nitrogen and oxygen atoms in total. The summed E-state index contributed by atoms with van der Waals surface area (Å²) in [6, 6.07) is 14.5. The molecule has 2 N–H and O–H groups in total. The number of benzene rings is 2. The molecule has 2 aromatic rings. The number of rotatable bonds is 3. The van der Waals surface area contributed by atoms with Crippen molar-refractivity contribution in [2.24, 2.45) is 0 Å². The zero-order chi connectivity index (χ0) is 16.4. The van der Waals surface area contributed by atoms with Crippen molar-refractivity contribution in [1.29, 1.82) is 0 Å². The zero-order valence-electron chi connectivity index (χ0n) is 13.6. The number of halogens is 1. The van der Waals surface area contributed by atoms with E-state index in [-0.39, 0.29) is 0 Å². The van der Waals surface area contributed by atoms with Gasteiger partial charge in [-0.25, -0.2) is 0 Å². The van der Waals surface area contributed by atoms with Crippen LogP contribution in [0.2, 0.25) is 5.02 Å². The van der Waals surface area contributed by atoms with Crippen LogP contribution in [0.15, 0.2) is 49.0 Å². The average molecular weight is 327 g/mol. The summed E-state index contributed by atoms with van der Waals surface area (Å²) in [5.41, 5.74) is 11.6. The minimum Gasteiger partial charge on any atom is -0.398 e. The number of nitrogens with two attached hydrogens (primary N) is 1. The Hall–Kier alpha value is -1.93. The van der Waals surface area contributed by atoms with Gasteiger partial charge in [0.1, 0.15) is 0 Å². The van der Waals surface area contributed by atoms with Gasteiger partial charge in [0.2, 0.25) is 0 Å². The molecule has 1 aliphatic rings. The van der Waals surface area contributed by atoms with E-state index in [9.17, 15) is 0 Å². The fourth-order valence-corrected chi connectivity index (χ4v) is 3.35. The minimum atomic E-state index is 0.611. The van der Waals surface area contributed by atoms with Crippen LogP contribution in [-0.4, -0.2) is 18.0 Å². The number of piperidine rings is 1. The van der Waals surface area contributed by atoms with Crippen molar-refractivity contribution >= 4 is 23.0 Å². The maximum atomic E-state index is 6.03. The molecule has 0 atom stereocenters. The molecule has 1 heterocycles. The first-order valence-corrected chi connectivity index (χ1v) is 8.48. The third-order valence-corrected chi connectivity index (χ3v) is 5.08. The lowest BCUT2D eigenvalue weighted by Crippen LogP contribution is -2.31. The molecule has 0 aliphatic carbocycles. The van der Waals surface area contributed by atoms with E-state index in [1.54, 1.807) is 0 Å². The van der Waals surface area contributed by atoms with Crippen molar-refractivity contribution in [3.05, 3.63) is 70.8 Å². The summed E-state index contributed by atoms with van der Waals surface area (Å²) in [4.78, 5) is 2.37. The van der Waals surface area contributed by atoms with E-state index in [0.717, 1.165) is 53.5 Å². The predicted octanol–water partition coefficient (Wildman–Crippen LogP) is 5.08. The Morgan fingerprint density at radius 3 is 2.39 bits per heavy atom. The van der Waals surface area contributed by atoms with Gasteiger partial charge in [0.15, 0.2) is 0 Å². The van der Waals surface area contributed by atoms with E-state index in [0.29, 0.717) is 5.92 Å². The van der Waals surface area contributed by atoms with Crippen molar-refractivity contribution in [2.75, 3.05) is 18.8 Å². The Labute approximate surface area is 143 Å². The summed E-state index contributed by atoms with van der Waals surface area (Å²) in [5.74, 6) is 0.611. The van der Waals surface area contributed by atoms with E-state index >= 15 is 0 Å². The first-order chi connectivity index (χ1) is 11.0. The van der Waals surface area contributed by atoms with Crippen LogP contribution in [0.3, 0.4) is 0 Å². The normalized spacial score (nSPS) is 15.7. The largest absolute Gasteiger partial charge is 0.398 e. The van der Waals surface area contributed by atoms with Gasteiger partial charge in [0.05, 0.1) is 0 Å². The van der Waals surface area contributed by atoms with Crippen LogP contribution < -0.4 is 5.73 Å². The highest BCUT2D eigenvalue weighted by atomic mass is 35.5. The number of likely N-dealkylation sites (tertiary alicyclic amines) is 1. The van der Waals surface area contributed by atoms with Crippen LogP contribution in [0.5, 0.6) is 0 Å². The molecule has 0 radical (unpaired) electrons. The Bertz CT molecular complexity index is 698. The van der Waals surface area contributed by atoms with E-state index < -0.39 is 0 Å². The summed E-state index contributed by atoms with van der Waals surface area (Å²) in [5, 5.41) is 0.802. The summed E-state index contributed by atoms with van der Waals surface area (Å²) in [6.45, 7) is 8.36. The van der Waals surface area contributed by atoms with Gasteiger partial charge in [-0.3, -0.25) is 0 Å². The zero-order valence-corrected chi connectivity index (χ0v) is 14.3. The molecule has 3 rings (SSSR count). The molecule has 120 valence electrons. The van der Waals surface area contributed by atoms with E-state index in [1.807, 2.05) is 25.1 Å². The summed E-state index contributed by atoms with van der Waals surface area (Å²) in [7, 11) is 0. The molecular formula is C20H23ClN2. The lowest BCUT2D eigenvalue weighted by Gasteiger charge is -2.35. The van der Waals surface area contributed by atoms with Gasteiger partial charge in [0, 0.05) is 29.5 Å². The highest BCUT2D eigenvalue weighted by molar-refractivity contribution is 6.30. The molecule has 2 aromatic carbocycles. The third kappa shape index (κ3) is 3.53. The quantitative estimate of drug-likeness (QED) is 0.797. The molecule has 0 aromatic heterocycles. The first kappa shape index (κ1) is 15.9. The van der Waals surface area contributed by atoms with Gasteiger partial charge in [0.25, 0.3) is 0 Å². The smallest absolute Gasteiger partial charge is 0.0406 e. The van der Waals surface area contributed by atoms with Crippen LogP contribution in [0.4, 0.5) is 5.69 Å². The Morgan fingerprint density at radius 2 is 1.78 bits per heavy atom. The maximum Gasteiger partial charge on any atom is 0.0406 e. The topological polar surface area (TPSA) is 29.3 Å². The molecule has 1 fully saturated rings. The highest BCUT2D eigenvalue weighted by Crippen LogP contribution is 2.32. The summed E-state index contributed by atoms with van der Waals surface area (Å²) in [6.07, 6.45) is 2.28. The van der Waals surface area contributed by atoms with Crippen LogP contribution in [0, 0.1) is 6.92 Å². The Balaban J connectivity index is 1.65. The molecule has 0 bridgehead atoms. The lowest BCUT2D eigenvalue weighted by molar-refractivity contribution is 0.299. The lowest BCUT2D eigenvalue weighted by atomic mass is 9.89. The number of hydrogen-bond acceptors (Lipinski definition) is 2. The van der Waals surface area contributed by atoms with Gasteiger partial charge in [-0.15, -0.1) is 0 Å².